The minimum atomic E-state index is -1.46. The van der Waals surface area contributed by atoms with Crippen molar-refractivity contribution in [3.63, 3.8) is 0 Å². The Hall–Kier alpha value is -0.643. The molecule has 1 heterocycles. The van der Waals surface area contributed by atoms with Crippen molar-refractivity contribution < 1.29 is 9.16 Å². The lowest BCUT2D eigenvalue weighted by Crippen LogP contribution is -2.37. The zero-order chi connectivity index (χ0) is 13.9. The molecule has 0 spiro atoms. The molecule has 1 saturated heterocycles. The van der Waals surface area contributed by atoms with E-state index < -0.39 is 8.32 Å². The summed E-state index contributed by atoms with van der Waals surface area (Å²) < 4.78 is 12.1. The first kappa shape index (κ1) is 14.8. The lowest BCUT2D eigenvalue weighted by atomic mass is 10.1. The fourth-order valence-electron chi connectivity index (χ4n) is 2.63. The molecule has 0 aromatic heterocycles. The van der Waals surface area contributed by atoms with E-state index in [4.69, 9.17) is 9.16 Å². The molecule has 0 amide bonds. The third-order valence-electron chi connectivity index (χ3n) is 4.48. The molecule has 1 aliphatic rings. The smallest absolute Gasteiger partial charge is 0.192 e. The number of aryl methyl sites for hydroxylation is 1. The number of hydrogen-bond acceptors (Lipinski definition) is 2. The van der Waals surface area contributed by atoms with E-state index in [1.807, 2.05) is 0 Å². The summed E-state index contributed by atoms with van der Waals surface area (Å²) in [6.45, 7) is 9.70. The Bertz CT molecular complexity index is 389. The van der Waals surface area contributed by atoms with Crippen LogP contribution in [0.2, 0.25) is 18.1 Å². The topological polar surface area (TPSA) is 21.8 Å². The number of epoxide rings is 1. The summed E-state index contributed by atoms with van der Waals surface area (Å²) in [6, 6.07) is 12.3. The Morgan fingerprint density at radius 2 is 1.63 bits per heavy atom. The van der Waals surface area contributed by atoms with Gasteiger partial charge in [-0.1, -0.05) is 50.6 Å². The van der Waals surface area contributed by atoms with E-state index >= 15 is 0 Å². The van der Waals surface area contributed by atoms with Crippen LogP contribution in [0, 0.1) is 6.92 Å². The zero-order valence-electron chi connectivity index (χ0n) is 12.6. The minimum Gasteiger partial charge on any atom is -0.414 e. The monoisotopic (exact) mass is 278 g/mol. The molecule has 0 radical (unpaired) electrons. The van der Waals surface area contributed by atoms with Crippen molar-refractivity contribution >= 4 is 8.32 Å². The lowest BCUT2D eigenvalue weighted by Gasteiger charge is -2.27. The first-order valence-electron chi connectivity index (χ1n) is 7.50. The van der Waals surface area contributed by atoms with Gasteiger partial charge >= 0.3 is 0 Å². The second kappa shape index (κ2) is 6.20. The zero-order valence-corrected chi connectivity index (χ0v) is 13.6. The Balaban J connectivity index is 1.85. The Labute approximate surface area is 118 Å². The van der Waals surface area contributed by atoms with Crippen LogP contribution in [0.25, 0.3) is 0 Å². The maximum Gasteiger partial charge on any atom is 0.192 e. The van der Waals surface area contributed by atoms with Gasteiger partial charge in [-0.05, 0) is 30.6 Å². The van der Waals surface area contributed by atoms with Crippen LogP contribution in [0.4, 0.5) is 0 Å². The summed E-state index contributed by atoms with van der Waals surface area (Å²) in [7, 11) is -1.46. The summed E-state index contributed by atoms with van der Waals surface area (Å²) in [5, 5.41) is 0. The summed E-state index contributed by atoms with van der Waals surface area (Å²) in [6.07, 6.45) is 0.539. The van der Waals surface area contributed by atoms with Crippen LogP contribution in [-0.2, 0) is 9.16 Å². The minimum absolute atomic E-state index is 0.262. The van der Waals surface area contributed by atoms with Crippen molar-refractivity contribution in [2.24, 2.45) is 0 Å². The fraction of sp³-hybridized carbons (Fsp3) is 0.625. The predicted octanol–water partition coefficient (Wildman–Crippen LogP) is 4.46. The van der Waals surface area contributed by atoms with Crippen LogP contribution < -0.4 is 0 Å². The largest absolute Gasteiger partial charge is 0.414 e. The van der Waals surface area contributed by atoms with E-state index in [0.717, 1.165) is 6.61 Å². The molecule has 3 heteroatoms. The Morgan fingerprint density at radius 1 is 1.05 bits per heavy atom. The van der Waals surface area contributed by atoms with Crippen LogP contribution >= 0.6 is 0 Å². The second-order valence-electron chi connectivity index (χ2n) is 5.56. The van der Waals surface area contributed by atoms with Crippen molar-refractivity contribution in [1.29, 1.82) is 0 Å². The third kappa shape index (κ3) is 3.47. The molecular formula is C16H26O2Si. The SMILES string of the molecule is CC[Si](CC)(CC)OC[C@@H]1O[C@H]1c1ccc(C)cc1. The van der Waals surface area contributed by atoms with E-state index in [-0.39, 0.29) is 12.2 Å². The molecule has 0 aliphatic carbocycles. The molecule has 0 unspecified atom stereocenters. The van der Waals surface area contributed by atoms with Gasteiger partial charge in [-0.3, -0.25) is 0 Å². The highest BCUT2D eigenvalue weighted by molar-refractivity contribution is 6.73. The maximum absolute atomic E-state index is 6.29. The van der Waals surface area contributed by atoms with E-state index in [1.54, 1.807) is 0 Å². The van der Waals surface area contributed by atoms with E-state index in [2.05, 4.69) is 52.0 Å². The average Bonchev–Trinajstić information content (AvgIpc) is 3.21. The van der Waals surface area contributed by atoms with E-state index in [9.17, 15) is 0 Å². The molecule has 2 atom stereocenters. The molecule has 1 fully saturated rings. The molecule has 0 N–H and O–H groups in total. The van der Waals surface area contributed by atoms with Crippen LogP contribution in [0.15, 0.2) is 24.3 Å². The number of hydrogen-bond donors (Lipinski definition) is 0. The van der Waals surface area contributed by atoms with Gasteiger partial charge < -0.3 is 9.16 Å². The number of ether oxygens (including phenoxy) is 1. The highest BCUT2D eigenvalue weighted by Crippen LogP contribution is 2.39. The number of rotatable bonds is 7. The molecule has 2 rings (SSSR count). The standard InChI is InChI=1S/C16H26O2Si/c1-5-19(6-2,7-3)17-12-15-16(18-15)14-10-8-13(4)9-11-14/h8-11,15-16H,5-7,12H2,1-4H3/t15-,16-/m0/s1. The molecule has 2 nitrogen and oxygen atoms in total. The van der Waals surface area contributed by atoms with E-state index in [1.165, 1.54) is 29.3 Å². The van der Waals surface area contributed by atoms with Crippen LogP contribution in [-0.4, -0.2) is 21.0 Å². The molecule has 106 valence electrons. The second-order valence-corrected chi connectivity index (χ2v) is 10.3. The molecule has 1 aromatic rings. The van der Waals surface area contributed by atoms with Gasteiger partial charge in [0.1, 0.15) is 12.2 Å². The van der Waals surface area contributed by atoms with Gasteiger partial charge in [0.2, 0.25) is 0 Å². The summed E-state index contributed by atoms with van der Waals surface area (Å²) in [5.41, 5.74) is 2.59. The highest BCUT2D eigenvalue weighted by Gasteiger charge is 2.42. The van der Waals surface area contributed by atoms with Crippen LogP contribution in [0.1, 0.15) is 38.0 Å². The summed E-state index contributed by atoms with van der Waals surface area (Å²) >= 11 is 0. The van der Waals surface area contributed by atoms with Crippen molar-refractivity contribution in [2.75, 3.05) is 6.61 Å². The van der Waals surface area contributed by atoms with Gasteiger partial charge in [-0.15, -0.1) is 0 Å². The van der Waals surface area contributed by atoms with Crippen molar-refractivity contribution in [3.8, 4) is 0 Å². The predicted molar refractivity (Wildman–Crippen MR) is 81.9 cm³/mol. The molecule has 1 aromatic carbocycles. The molecular weight excluding hydrogens is 252 g/mol. The van der Waals surface area contributed by atoms with Gasteiger partial charge in [0.05, 0.1) is 6.61 Å². The molecule has 0 saturated carbocycles. The number of benzene rings is 1. The summed E-state index contributed by atoms with van der Waals surface area (Å²) in [4.78, 5) is 0. The Morgan fingerprint density at radius 3 is 2.16 bits per heavy atom. The summed E-state index contributed by atoms with van der Waals surface area (Å²) in [5.74, 6) is 0. The van der Waals surface area contributed by atoms with Gasteiger partial charge in [-0.25, -0.2) is 0 Å². The van der Waals surface area contributed by atoms with Crippen LogP contribution in [0.5, 0.6) is 0 Å². The molecule has 0 bridgehead atoms. The van der Waals surface area contributed by atoms with Crippen molar-refractivity contribution in [3.05, 3.63) is 35.4 Å². The van der Waals surface area contributed by atoms with E-state index in [0.29, 0.717) is 0 Å². The lowest BCUT2D eigenvalue weighted by molar-refractivity contribution is 0.248. The first-order valence-corrected chi connectivity index (χ1v) is 10.0. The third-order valence-corrected chi connectivity index (χ3v) is 9.12. The normalized spacial score (nSPS) is 22.5. The van der Waals surface area contributed by atoms with Gasteiger partial charge in [0, 0.05) is 0 Å². The fourth-order valence-corrected chi connectivity index (χ4v) is 5.26. The first-order chi connectivity index (χ1) is 9.14. The highest BCUT2D eigenvalue weighted by atomic mass is 28.4. The molecule has 1 aliphatic heterocycles. The quantitative estimate of drug-likeness (QED) is 0.542. The maximum atomic E-state index is 6.29. The van der Waals surface area contributed by atoms with Gasteiger partial charge in [0.25, 0.3) is 0 Å². The van der Waals surface area contributed by atoms with Crippen LogP contribution in [0.3, 0.4) is 0 Å². The van der Waals surface area contributed by atoms with Gasteiger partial charge in [0.15, 0.2) is 8.32 Å². The van der Waals surface area contributed by atoms with Crippen molar-refractivity contribution in [2.45, 2.75) is 58.0 Å². The Kier molecular flexibility index (Phi) is 4.82. The average molecular weight is 278 g/mol. The van der Waals surface area contributed by atoms with Gasteiger partial charge in [-0.2, -0.15) is 0 Å². The molecule has 19 heavy (non-hydrogen) atoms. The van der Waals surface area contributed by atoms with Crippen molar-refractivity contribution in [1.82, 2.24) is 0 Å².